The molecule has 7 heteroatoms. The Kier molecular flexibility index (Phi) is 4.48. The molecule has 132 valence electrons. The van der Waals surface area contributed by atoms with Crippen molar-refractivity contribution in [1.29, 1.82) is 5.41 Å². The van der Waals surface area contributed by atoms with Crippen LogP contribution in [0.5, 0.6) is 0 Å². The molecule has 2 N–H and O–H groups in total. The van der Waals surface area contributed by atoms with Crippen LogP contribution in [0.2, 0.25) is 0 Å². The van der Waals surface area contributed by atoms with Crippen molar-refractivity contribution in [2.75, 3.05) is 18.5 Å². The van der Waals surface area contributed by atoms with E-state index in [4.69, 9.17) is 5.41 Å². The molecule has 1 fully saturated rings. The third-order valence-electron chi connectivity index (χ3n) is 4.38. The lowest BCUT2D eigenvalue weighted by Crippen LogP contribution is -2.38. The fourth-order valence-corrected chi connectivity index (χ4v) is 3.21. The van der Waals surface area contributed by atoms with E-state index in [-0.39, 0.29) is 0 Å². The van der Waals surface area contributed by atoms with E-state index in [0.29, 0.717) is 17.5 Å². The van der Waals surface area contributed by atoms with Crippen molar-refractivity contribution in [3.8, 4) is 0 Å². The van der Waals surface area contributed by atoms with Gasteiger partial charge in [0.1, 0.15) is 0 Å². The number of fused-ring (bicyclic) bond motifs is 1. The number of rotatable bonds is 4. The highest BCUT2D eigenvalue weighted by atomic mass is 15.7. The van der Waals surface area contributed by atoms with Gasteiger partial charge in [-0.1, -0.05) is 12.1 Å². The molecule has 0 radical (unpaired) electrons. The smallest absolute Gasteiger partial charge is 0.224 e. The average molecular weight is 339 g/mol. The number of hydrazine groups is 1. The van der Waals surface area contributed by atoms with Gasteiger partial charge in [-0.2, -0.15) is 5.10 Å². The summed E-state index contributed by atoms with van der Waals surface area (Å²) >= 11 is 0. The monoisotopic (exact) mass is 339 g/mol. The molecule has 0 amide bonds. The Bertz CT molecular complexity index is 871. The van der Waals surface area contributed by atoms with Crippen LogP contribution in [-0.4, -0.2) is 44.2 Å². The van der Waals surface area contributed by atoms with Crippen molar-refractivity contribution < 1.29 is 0 Å². The summed E-state index contributed by atoms with van der Waals surface area (Å²) < 4.78 is 1.97. The Morgan fingerprint density at radius 3 is 2.44 bits per heavy atom. The van der Waals surface area contributed by atoms with E-state index in [1.807, 2.05) is 47.8 Å². The number of allylic oxidation sites excluding steroid dienone is 1. The minimum Gasteiger partial charge on any atom is -0.312 e. The van der Waals surface area contributed by atoms with Gasteiger partial charge in [-0.15, -0.1) is 0 Å². The zero-order valence-electron chi connectivity index (χ0n) is 15.5. The number of imidazole rings is 1. The van der Waals surface area contributed by atoms with E-state index >= 15 is 0 Å². The minimum absolute atomic E-state index is 0.409. The summed E-state index contributed by atoms with van der Waals surface area (Å²) in [5, 5.41) is 17.1. The molecule has 1 aromatic heterocycles. The zero-order chi connectivity index (χ0) is 18.1. The third kappa shape index (κ3) is 2.75. The highest BCUT2D eigenvalue weighted by Crippen LogP contribution is 2.25. The third-order valence-corrected chi connectivity index (χ3v) is 4.38. The Hall–Kier alpha value is -2.83. The van der Waals surface area contributed by atoms with Gasteiger partial charge in [0, 0.05) is 20.1 Å². The number of amidine groups is 1. The molecule has 1 aromatic carbocycles. The fourth-order valence-electron chi connectivity index (χ4n) is 3.21. The van der Waals surface area contributed by atoms with Crippen LogP contribution in [0.1, 0.15) is 27.7 Å². The molecule has 2 heterocycles. The highest BCUT2D eigenvalue weighted by molar-refractivity contribution is 6.48. The van der Waals surface area contributed by atoms with E-state index in [1.165, 1.54) is 0 Å². The number of nitrogens with zero attached hydrogens (tertiary/aromatic N) is 5. The minimum atomic E-state index is 0.409. The molecule has 1 aliphatic rings. The first-order valence-corrected chi connectivity index (χ1v) is 8.56. The first-order chi connectivity index (χ1) is 12.0. The lowest BCUT2D eigenvalue weighted by Gasteiger charge is -2.28. The second-order valence-corrected chi connectivity index (χ2v) is 6.18. The summed E-state index contributed by atoms with van der Waals surface area (Å²) in [5.74, 6) is 1.07. The Labute approximate surface area is 148 Å². The molecule has 3 rings (SSSR count). The van der Waals surface area contributed by atoms with E-state index in [1.54, 1.807) is 0 Å². The van der Waals surface area contributed by atoms with Crippen LogP contribution in [0.3, 0.4) is 0 Å². The molecule has 0 bridgehead atoms. The highest BCUT2D eigenvalue weighted by Gasteiger charge is 2.35. The molecule has 0 atom stereocenters. The molecule has 1 saturated heterocycles. The number of nitrogens with one attached hydrogen (secondary N) is 2. The number of benzene rings is 1. The summed E-state index contributed by atoms with van der Waals surface area (Å²) in [5.41, 5.74) is 7.79. The number of hydrazone groups is 1. The van der Waals surface area contributed by atoms with Gasteiger partial charge in [0.2, 0.25) is 5.95 Å². The second-order valence-electron chi connectivity index (χ2n) is 6.18. The van der Waals surface area contributed by atoms with Crippen LogP contribution in [-0.2, 0) is 7.05 Å². The van der Waals surface area contributed by atoms with Crippen molar-refractivity contribution in [3.63, 3.8) is 0 Å². The number of hydrogen-bond donors (Lipinski definition) is 2. The maximum absolute atomic E-state index is 8.50. The maximum atomic E-state index is 8.50. The van der Waals surface area contributed by atoms with Crippen molar-refractivity contribution in [2.45, 2.75) is 27.7 Å². The molecular weight excluding hydrogens is 314 g/mol. The fraction of sp³-hybridized carbons (Fsp3) is 0.389. The van der Waals surface area contributed by atoms with Crippen LogP contribution in [0.15, 0.2) is 40.6 Å². The molecule has 0 spiro atoms. The zero-order valence-corrected chi connectivity index (χ0v) is 15.5. The summed E-state index contributed by atoms with van der Waals surface area (Å²) in [4.78, 5) is 4.58. The number of hydrogen-bond acceptors (Lipinski definition) is 5. The van der Waals surface area contributed by atoms with Crippen LogP contribution in [0.4, 0.5) is 5.95 Å². The first kappa shape index (κ1) is 17.0. The van der Waals surface area contributed by atoms with Gasteiger partial charge in [0.15, 0.2) is 11.5 Å². The van der Waals surface area contributed by atoms with Gasteiger partial charge in [-0.25, -0.2) is 10.4 Å². The molecule has 25 heavy (non-hydrogen) atoms. The van der Waals surface area contributed by atoms with Crippen molar-refractivity contribution in [3.05, 3.63) is 35.5 Å². The quantitative estimate of drug-likeness (QED) is 0.839. The molecule has 2 aromatic rings. The number of anilines is 1. The Balaban J connectivity index is 2.00. The molecular formula is C18H25N7. The van der Waals surface area contributed by atoms with Crippen LogP contribution < -0.4 is 5.43 Å². The van der Waals surface area contributed by atoms with E-state index in [9.17, 15) is 0 Å². The van der Waals surface area contributed by atoms with Gasteiger partial charge in [-0.05, 0) is 45.4 Å². The number of aromatic nitrogens is 2. The lowest BCUT2D eigenvalue weighted by molar-refractivity contribution is 0.120. The number of para-hydroxylation sites is 2. The van der Waals surface area contributed by atoms with Gasteiger partial charge in [-0.3, -0.25) is 15.4 Å². The SMILES string of the molecule is CCN1C(=N)C(=NNc2nc3ccccc3n2C)C(=C(C)C)N1CC. The van der Waals surface area contributed by atoms with Crippen LogP contribution >= 0.6 is 0 Å². The van der Waals surface area contributed by atoms with Crippen molar-refractivity contribution >= 4 is 28.5 Å². The normalized spacial score (nSPS) is 16.4. The number of aryl methyl sites for hydroxylation is 1. The first-order valence-electron chi connectivity index (χ1n) is 8.56. The molecule has 0 unspecified atom stereocenters. The average Bonchev–Trinajstić information content (AvgIpc) is 3.07. The standard InChI is InChI=1S/C18H25N7/c1-6-24-16(12(3)4)15(17(19)25(24)7-2)21-22-18-20-13-10-8-9-11-14(13)23(18)5/h8-11,19H,6-7H2,1-5H3,(H,20,22). The van der Waals surface area contributed by atoms with Gasteiger partial charge in [0.25, 0.3) is 0 Å². The Morgan fingerprint density at radius 2 is 1.84 bits per heavy atom. The largest absolute Gasteiger partial charge is 0.312 e. The van der Waals surface area contributed by atoms with Crippen molar-refractivity contribution in [1.82, 2.24) is 19.6 Å². The molecule has 0 saturated carbocycles. The van der Waals surface area contributed by atoms with E-state index < -0.39 is 0 Å². The maximum Gasteiger partial charge on any atom is 0.224 e. The van der Waals surface area contributed by atoms with Gasteiger partial charge < -0.3 is 4.57 Å². The van der Waals surface area contributed by atoms with Gasteiger partial charge in [0.05, 0.1) is 16.7 Å². The summed E-state index contributed by atoms with van der Waals surface area (Å²) in [7, 11) is 1.95. The van der Waals surface area contributed by atoms with Crippen LogP contribution in [0.25, 0.3) is 11.0 Å². The van der Waals surface area contributed by atoms with E-state index in [0.717, 1.165) is 35.4 Å². The van der Waals surface area contributed by atoms with Crippen LogP contribution in [0, 0.1) is 5.41 Å². The summed E-state index contributed by atoms with van der Waals surface area (Å²) in [6, 6.07) is 7.96. The van der Waals surface area contributed by atoms with Gasteiger partial charge >= 0.3 is 0 Å². The summed E-state index contributed by atoms with van der Waals surface area (Å²) in [6.07, 6.45) is 0. The van der Waals surface area contributed by atoms with E-state index in [2.05, 4.69) is 41.3 Å². The molecule has 7 nitrogen and oxygen atoms in total. The van der Waals surface area contributed by atoms with Crippen molar-refractivity contribution in [2.24, 2.45) is 12.1 Å². The molecule has 0 aliphatic carbocycles. The topological polar surface area (TPSA) is 72.5 Å². The lowest BCUT2D eigenvalue weighted by atomic mass is 10.2. The molecule has 1 aliphatic heterocycles. The summed E-state index contributed by atoms with van der Waals surface area (Å²) in [6.45, 7) is 9.75. The Morgan fingerprint density at radius 1 is 1.16 bits per heavy atom. The predicted molar refractivity (Wildman–Crippen MR) is 103 cm³/mol. The second kappa shape index (κ2) is 6.58. The predicted octanol–water partition coefficient (Wildman–Crippen LogP) is 3.18.